The van der Waals surface area contributed by atoms with Crippen molar-refractivity contribution in [1.29, 1.82) is 0 Å². The van der Waals surface area contributed by atoms with Gasteiger partial charge in [0.2, 0.25) is 11.8 Å². The van der Waals surface area contributed by atoms with Gasteiger partial charge >= 0.3 is 0 Å². The van der Waals surface area contributed by atoms with E-state index in [1.54, 1.807) is 0 Å². The van der Waals surface area contributed by atoms with E-state index in [0.717, 1.165) is 31.4 Å². The predicted octanol–water partition coefficient (Wildman–Crippen LogP) is 5.44. The first-order chi connectivity index (χ1) is 15.7. The van der Waals surface area contributed by atoms with Crippen LogP contribution in [0.2, 0.25) is 0 Å². The van der Waals surface area contributed by atoms with Crippen molar-refractivity contribution >= 4 is 11.8 Å². The summed E-state index contributed by atoms with van der Waals surface area (Å²) in [6.07, 6.45) is 9.65. The van der Waals surface area contributed by atoms with Crippen molar-refractivity contribution in [2.75, 3.05) is 6.54 Å². The number of carbonyl (C=O) groups excluding carboxylic acids is 2. The maximum Gasteiger partial charge on any atom is 0.222 e. The highest BCUT2D eigenvalue weighted by Crippen LogP contribution is 2.35. The molecule has 2 aliphatic rings. The molecule has 1 aliphatic heterocycles. The van der Waals surface area contributed by atoms with E-state index in [9.17, 15) is 9.59 Å². The SMILES string of the molecule is O=C(CCCC(=O)N1CCCC2CCCCC21)NC(Cc1ccccc1)c1ccccc1. The lowest BCUT2D eigenvalue weighted by molar-refractivity contribution is -0.137. The fourth-order valence-electron chi connectivity index (χ4n) is 5.53. The van der Waals surface area contributed by atoms with E-state index in [1.165, 1.54) is 31.2 Å². The monoisotopic (exact) mass is 432 g/mol. The Morgan fingerprint density at radius 2 is 1.56 bits per heavy atom. The molecule has 170 valence electrons. The van der Waals surface area contributed by atoms with Crippen LogP contribution in [-0.2, 0) is 16.0 Å². The molecule has 2 amide bonds. The highest BCUT2D eigenvalue weighted by Gasteiger charge is 2.35. The maximum atomic E-state index is 12.9. The van der Waals surface area contributed by atoms with E-state index in [2.05, 4.69) is 34.5 Å². The maximum absolute atomic E-state index is 12.9. The van der Waals surface area contributed by atoms with E-state index in [-0.39, 0.29) is 17.9 Å². The van der Waals surface area contributed by atoms with Crippen molar-refractivity contribution in [3.8, 4) is 0 Å². The van der Waals surface area contributed by atoms with Crippen molar-refractivity contribution in [3.05, 3.63) is 71.8 Å². The molecule has 2 fully saturated rings. The summed E-state index contributed by atoms with van der Waals surface area (Å²) in [5, 5.41) is 3.22. The minimum absolute atomic E-state index is 0.0248. The largest absolute Gasteiger partial charge is 0.349 e. The van der Waals surface area contributed by atoms with E-state index < -0.39 is 0 Å². The number of rotatable bonds is 8. The van der Waals surface area contributed by atoms with Crippen LogP contribution >= 0.6 is 0 Å². The number of nitrogens with one attached hydrogen (secondary N) is 1. The quantitative estimate of drug-likeness (QED) is 0.604. The van der Waals surface area contributed by atoms with Crippen LogP contribution in [-0.4, -0.2) is 29.3 Å². The summed E-state index contributed by atoms with van der Waals surface area (Å²) in [7, 11) is 0. The lowest BCUT2D eigenvalue weighted by Crippen LogP contribution is -2.49. The van der Waals surface area contributed by atoms with Gasteiger partial charge < -0.3 is 10.2 Å². The van der Waals surface area contributed by atoms with Gasteiger partial charge in [-0.3, -0.25) is 9.59 Å². The molecule has 0 bridgehead atoms. The number of fused-ring (bicyclic) bond motifs is 1. The summed E-state index contributed by atoms with van der Waals surface area (Å²) in [6.45, 7) is 0.902. The Balaban J connectivity index is 1.29. The summed E-state index contributed by atoms with van der Waals surface area (Å²) >= 11 is 0. The van der Waals surface area contributed by atoms with Crippen LogP contribution in [0.15, 0.2) is 60.7 Å². The first-order valence-corrected chi connectivity index (χ1v) is 12.4. The highest BCUT2D eigenvalue weighted by molar-refractivity contribution is 5.79. The summed E-state index contributed by atoms with van der Waals surface area (Å²) < 4.78 is 0. The molecule has 0 spiro atoms. The Morgan fingerprint density at radius 3 is 2.34 bits per heavy atom. The number of benzene rings is 2. The van der Waals surface area contributed by atoms with Gasteiger partial charge in [0.1, 0.15) is 0 Å². The van der Waals surface area contributed by atoms with Crippen LogP contribution in [0.4, 0.5) is 0 Å². The molecule has 3 atom stereocenters. The molecule has 1 saturated heterocycles. The highest BCUT2D eigenvalue weighted by atomic mass is 16.2. The third kappa shape index (κ3) is 5.99. The van der Waals surface area contributed by atoms with E-state index in [4.69, 9.17) is 0 Å². The van der Waals surface area contributed by atoms with Gasteiger partial charge in [0.05, 0.1) is 6.04 Å². The fraction of sp³-hybridized carbons (Fsp3) is 0.500. The third-order valence-electron chi connectivity index (χ3n) is 7.18. The summed E-state index contributed by atoms with van der Waals surface area (Å²) in [5.41, 5.74) is 2.31. The Labute approximate surface area is 192 Å². The molecular weight excluding hydrogens is 396 g/mol. The molecule has 2 aromatic rings. The number of hydrogen-bond donors (Lipinski definition) is 1. The molecule has 3 unspecified atom stereocenters. The molecule has 32 heavy (non-hydrogen) atoms. The van der Waals surface area contributed by atoms with Crippen molar-refractivity contribution in [1.82, 2.24) is 10.2 Å². The molecule has 1 saturated carbocycles. The second kappa shape index (κ2) is 11.3. The Kier molecular flexibility index (Phi) is 7.97. The Morgan fingerprint density at radius 1 is 0.875 bits per heavy atom. The first kappa shape index (κ1) is 22.6. The van der Waals surface area contributed by atoms with E-state index in [0.29, 0.717) is 31.2 Å². The van der Waals surface area contributed by atoms with Crippen LogP contribution in [0.3, 0.4) is 0 Å². The molecule has 1 heterocycles. The van der Waals surface area contributed by atoms with Crippen molar-refractivity contribution in [2.24, 2.45) is 5.92 Å². The van der Waals surface area contributed by atoms with E-state index >= 15 is 0 Å². The lowest BCUT2D eigenvalue weighted by Gasteiger charge is -2.44. The first-order valence-electron chi connectivity index (χ1n) is 12.4. The van der Waals surface area contributed by atoms with Crippen LogP contribution in [0.5, 0.6) is 0 Å². The molecule has 0 radical (unpaired) electrons. The van der Waals surface area contributed by atoms with Crippen LogP contribution in [0.1, 0.15) is 75.0 Å². The normalized spacial score (nSPS) is 21.4. The number of carbonyl (C=O) groups is 2. The number of hydrogen-bond acceptors (Lipinski definition) is 2. The molecule has 4 heteroatoms. The molecule has 4 rings (SSSR count). The topological polar surface area (TPSA) is 49.4 Å². The lowest BCUT2D eigenvalue weighted by atomic mass is 9.78. The van der Waals surface area contributed by atoms with Gasteiger partial charge in [-0.05, 0) is 55.6 Å². The van der Waals surface area contributed by atoms with Crippen LogP contribution in [0.25, 0.3) is 0 Å². The second-order valence-corrected chi connectivity index (χ2v) is 9.42. The third-order valence-corrected chi connectivity index (χ3v) is 7.18. The molecule has 1 aliphatic carbocycles. The van der Waals surface area contributed by atoms with Gasteiger partial charge in [-0.15, -0.1) is 0 Å². The van der Waals surface area contributed by atoms with Crippen molar-refractivity contribution in [3.63, 3.8) is 0 Å². The van der Waals surface area contributed by atoms with Gasteiger partial charge in [-0.25, -0.2) is 0 Å². The summed E-state index contributed by atoms with van der Waals surface area (Å²) in [4.78, 5) is 27.8. The minimum Gasteiger partial charge on any atom is -0.349 e. The molecular formula is C28H36N2O2. The summed E-state index contributed by atoms with van der Waals surface area (Å²) in [5.74, 6) is 0.976. The molecule has 0 aromatic heterocycles. The Hall–Kier alpha value is -2.62. The van der Waals surface area contributed by atoms with Gasteiger partial charge in [0.15, 0.2) is 0 Å². The van der Waals surface area contributed by atoms with Gasteiger partial charge in [0.25, 0.3) is 0 Å². The zero-order chi connectivity index (χ0) is 22.2. The number of likely N-dealkylation sites (tertiary alicyclic amines) is 1. The molecule has 4 nitrogen and oxygen atoms in total. The van der Waals surface area contributed by atoms with Crippen molar-refractivity contribution < 1.29 is 9.59 Å². The number of amides is 2. The number of nitrogens with zero attached hydrogens (tertiary/aromatic N) is 1. The van der Waals surface area contributed by atoms with Gasteiger partial charge in [-0.2, -0.15) is 0 Å². The van der Waals surface area contributed by atoms with E-state index in [1.807, 2.05) is 36.4 Å². The zero-order valence-electron chi connectivity index (χ0n) is 19.0. The Bertz CT molecular complexity index is 866. The summed E-state index contributed by atoms with van der Waals surface area (Å²) in [6, 6.07) is 20.8. The van der Waals surface area contributed by atoms with Gasteiger partial charge in [0, 0.05) is 25.4 Å². The number of piperidine rings is 1. The van der Waals surface area contributed by atoms with Crippen molar-refractivity contribution in [2.45, 2.75) is 76.3 Å². The smallest absolute Gasteiger partial charge is 0.222 e. The zero-order valence-corrected chi connectivity index (χ0v) is 19.0. The minimum atomic E-state index is -0.0631. The molecule has 2 aromatic carbocycles. The average Bonchev–Trinajstić information content (AvgIpc) is 2.84. The second-order valence-electron chi connectivity index (χ2n) is 9.42. The standard InChI is InChI=1S/C28H36N2O2/c31-27(18-9-19-28(32)30-20-10-16-24-15-7-8-17-26(24)30)29-25(23-13-5-2-6-14-23)21-22-11-3-1-4-12-22/h1-6,11-14,24-26H,7-10,15-21H2,(H,29,31). The van der Waals surface area contributed by atoms with Crippen LogP contribution < -0.4 is 5.32 Å². The average molecular weight is 433 g/mol. The van der Waals surface area contributed by atoms with Crippen LogP contribution in [0, 0.1) is 5.92 Å². The molecule has 1 N–H and O–H groups in total. The van der Waals surface area contributed by atoms with Gasteiger partial charge in [-0.1, -0.05) is 73.5 Å². The fourth-order valence-corrected chi connectivity index (χ4v) is 5.53. The predicted molar refractivity (Wildman–Crippen MR) is 128 cm³/mol.